The Bertz CT molecular complexity index is 871. The summed E-state index contributed by atoms with van der Waals surface area (Å²) in [6, 6.07) is 8.28. The molecule has 0 bridgehead atoms. The Morgan fingerprint density at radius 2 is 1.96 bits per heavy atom. The van der Waals surface area contributed by atoms with Crippen LogP contribution in [-0.4, -0.2) is 30.7 Å². The second-order valence-electron chi connectivity index (χ2n) is 6.26. The van der Waals surface area contributed by atoms with E-state index in [0.29, 0.717) is 17.2 Å². The highest BCUT2D eigenvalue weighted by Crippen LogP contribution is 2.29. The quantitative estimate of drug-likeness (QED) is 0.782. The van der Waals surface area contributed by atoms with Crippen molar-refractivity contribution in [3.63, 3.8) is 0 Å². The number of nitrogens with zero attached hydrogens (tertiary/aromatic N) is 5. The predicted octanol–water partition coefficient (Wildman–Crippen LogP) is 3.73. The number of rotatable bonds is 3. The predicted molar refractivity (Wildman–Crippen MR) is 90.7 cm³/mol. The van der Waals surface area contributed by atoms with Gasteiger partial charge in [0.2, 0.25) is 0 Å². The second-order valence-corrected chi connectivity index (χ2v) is 6.67. The van der Waals surface area contributed by atoms with E-state index in [0.717, 1.165) is 0 Å². The zero-order valence-corrected chi connectivity index (χ0v) is 14.2. The summed E-state index contributed by atoms with van der Waals surface area (Å²) in [7, 11) is 0. The Labute approximate surface area is 143 Å². The lowest BCUT2D eigenvalue weighted by Gasteiger charge is -2.22. The van der Waals surface area contributed by atoms with Crippen molar-refractivity contribution in [2.24, 2.45) is 0 Å². The van der Waals surface area contributed by atoms with E-state index in [4.69, 9.17) is 11.6 Å². The molecule has 0 amide bonds. The van der Waals surface area contributed by atoms with Crippen LogP contribution in [-0.2, 0) is 0 Å². The van der Waals surface area contributed by atoms with Crippen molar-refractivity contribution in [3.8, 4) is 17.1 Å². The van der Waals surface area contributed by atoms with Crippen molar-refractivity contribution in [3.05, 3.63) is 47.4 Å². The van der Waals surface area contributed by atoms with Gasteiger partial charge in [0.1, 0.15) is 11.5 Å². The van der Waals surface area contributed by atoms with Gasteiger partial charge >= 0.3 is 0 Å². The maximum atomic E-state index is 14.4. The molecule has 24 heavy (non-hydrogen) atoms. The van der Waals surface area contributed by atoms with E-state index in [-0.39, 0.29) is 16.2 Å². The fourth-order valence-electron chi connectivity index (χ4n) is 2.21. The van der Waals surface area contributed by atoms with E-state index in [9.17, 15) is 4.39 Å². The van der Waals surface area contributed by atoms with Crippen LogP contribution in [0.2, 0.25) is 5.02 Å². The number of benzene rings is 1. The molecule has 0 saturated carbocycles. The third-order valence-electron chi connectivity index (χ3n) is 3.17. The first-order valence-corrected chi connectivity index (χ1v) is 7.71. The van der Waals surface area contributed by atoms with Gasteiger partial charge in [-0.25, -0.2) is 9.37 Å². The normalized spacial score (nSPS) is 11.5. The molecule has 1 aromatic carbocycles. The molecule has 124 valence electrons. The zero-order chi connectivity index (χ0) is 17.3. The van der Waals surface area contributed by atoms with Gasteiger partial charge in [-0.2, -0.15) is 4.68 Å². The molecule has 3 rings (SSSR count). The first-order valence-electron chi connectivity index (χ1n) is 7.33. The van der Waals surface area contributed by atoms with Crippen molar-refractivity contribution >= 4 is 17.4 Å². The topological polar surface area (TPSA) is 68.5 Å². The summed E-state index contributed by atoms with van der Waals surface area (Å²) in [5, 5.41) is 14.9. The Kier molecular flexibility index (Phi) is 4.19. The Hall–Kier alpha value is -2.54. The number of hydrogen-bond donors (Lipinski definition) is 1. The molecular formula is C16H16ClFN6. The first-order chi connectivity index (χ1) is 11.4. The molecule has 0 atom stereocenters. The molecular weight excluding hydrogens is 331 g/mol. The molecule has 0 unspecified atom stereocenters. The molecule has 1 N–H and O–H groups in total. The van der Waals surface area contributed by atoms with Crippen LogP contribution in [0.5, 0.6) is 0 Å². The van der Waals surface area contributed by atoms with Gasteiger partial charge in [-0.15, -0.1) is 5.10 Å². The molecule has 0 saturated heterocycles. The van der Waals surface area contributed by atoms with Crippen LogP contribution in [0.4, 0.5) is 10.2 Å². The van der Waals surface area contributed by atoms with Gasteiger partial charge in [0.05, 0.1) is 10.6 Å². The smallest absolute Gasteiger partial charge is 0.190 e. The van der Waals surface area contributed by atoms with E-state index < -0.39 is 5.82 Å². The molecule has 3 aromatic rings. The summed E-state index contributed by atoms with van der Waals surface area (Å²) < 4.78 is 15.7. The van der Waals surface area contributed by atoms with Crippen LogP contribution in [0.3, 0.4) is 0 Å². The van der Waals surface area contributed by atoms with E-state index in [2.05, 4.69) is 25.8 Å². The lowest BCUT2D eigenvalue weighted by molar-refractivity contribution is 0.608. The summed E-state index contributed by atoms with van der Waals surface area (Å²) in [5.41, 5.74) is 0.632. The third kappa shape index (κ3) is 3.21. The zero-order valence-electron chi connectivity index (χ0n) is 13.5. The van der Waals surface area contributed by atoms with E-state index in [1.54, 1.807) is 24.4 Å². The maximum absolute atomic E-state index is 14.4. The molecule has 0 fully saturated rings. The second kappa shape index (κ2) is 6.16. The number of nitrogens with one attached hydrogen (secondary N) is 1. The van der Waals surface area contributed by atoms with E-state index in [1.807, 2.05) is 26.8 Å². The van der Waals surface area contributed by atoms with Crippen LogP contribution in [0, 0.1) is 5.82 Å². The SMILES string of the molecule is CC(C)(C)Nc1ncccc1-c1nnnn1-c1cccc(Cl)c1F. The highest BCUT2D eigenvalue weighted by molar-refractivity contribution is 6.30. The van der Waals surface area contributed by atoms with Crippen molar-refractivity contribution in [1.82, 2.24) is 25.2 Å². The highest BCUT2D eigenvalue weighted by Gasteiger charge is 2.20. The number of hydrogen-bond acceptors (Lipinski definition) is 5. The summed E-state index contributed by atoms with van der Waals surface area (Å²) in [6.07, 6.45) is 1.67. The molecule has 0 radical (unpaired) electrons. The minimum atomic E-state index is -0.582. The minimum Gasteiger partial charge on any atom is -0.365 e. The molecule has 0 aliphatic carbocycles. The Morgan fingerprint density at radius 1 is 1.17 bits per heavy atom. The number of aromatic nitrogens is 5. The Morgan fingerprint density at radius 3 is 2.71 bits per heavy atom. The standard InChI is InChI=1S/C16H16ClFN6/c1-16(2,3)20-14-10(6-5-9-19-14)15-21-22-23-24(15)12-8-4-7-11(17)13(12)18/h4-9H,1-3H3,(H,19,20). The van der Waals surface area contributed by atoms with Crippen LogP contribution >= 0.6 is 11.6 Å². The monoisotopic (exact) mass is 346 g/mol. The number of halogens is 2. The molecule has 8 heteroatoms. The van der Waals surface area contributed by atoms with Crippen molar-refractivity contribution in [2.75, 3.05) is 5.32 Å². The molecule has 0 aliphatic rings. The van der Waals surface area contributed by atoms with Crippen LogP contribution in [0.15, 0.2) is 36.5 Å². The fraction of sp³-hybridized carbons (Fsp3) is 0.250. The van der Waals surface area contributed by atoms with Crippen LogP contribution in [0.1, 0.15) is 20.8 Å². The molecule has 6 nitrogen and oxygen atoms in total. The molecule has 2 aromatic heterocycles. The first kappa shape index (κ1) is 16.3. The van der Waals surface area contributed by atoms with Crippen molar-refractivity contribution < 1.29 is 4.39 Å². The van der Waals surface area contributed by atoms with Gasteiger partial charge in [-0.3, -0.25) is 0 Å². The van der Waals surface area contributed by atoms with E-state index >= 15 is 0 Å². The lowest BCUT2D eigenvalue weighted by Crippen LogP contribution is -2.27. The fourth-order valence-corrected chi connectivity index (χ4v) is 2.38. The highest BCUT2D eigenvalue weighted by atomic mass is 35.5. The molecule has 0 aliphatic heterocycles. The number of pyridine rings is 1. The van der Waals surface area contributed by atoms with Gasteiger partial charge in [0, 0.05) is 11.7 Å². The average Bonchev–Trinajstić information content (AvgIpc) is 2.98. The largest absolute Gasteiger partial charge is 0.365 e. The van der Waals surface area contributed by atoms with Crippen LogP contribution in [0.25, 0.3) is 17.1 Å². The summed E-state index contributed by atoms with van der Waals surface area (Å²) in [5.74, 6) is 0.404. The van der Waals surface area contributed by atoms with Crippen molar-refractivity contribution in [1.29, 1.82) is 0 Å². The molecule has 2 heterocycles. The van der Waals surface area contributed by atoms with Gasteiger partial charge in [0.25, 0.3) is 0 Å². The van der Waals surface area contributed by atoms with Crippen molar-refractivity contribution in [2.45, 2.75) is 26.3 Å². The Balaban J connectivity index is 2.14. The number of tetrazole rings is 1. The minimum absolute atomic E-state index is 0.00757. The molecule has 0 spiro atoms. The van der Waals surface area contributed by atoms with Crippen LogP contribution < -0.4 is 5.32 Å². The maximum Gasteiger partial charge on any atom is 0.190 e. The summed E-state index contributed by atoms with van der Waals surface area (Å²) >= 11 is 5.87. The van der Waals surface area contributed by atoms with Gasteiger partial charge < -0.3 is 5.32 Å². The van der Waals surface area contributed by atoms with Gasteiger partial charge in [-0.1, -0.05) is 17.7 Å². The average molecular weight is 347 g/mol. The summed E-state index contributed by atoms with van der Waals surface area (Å²) in [4.78, 5) is 4.35. The summed E-state index contributed by atoms with van der Waals surface area (Å²) in [6.45, 7) is 6.06. The third-order valence-corrected chi connectivity index (χ3v) is 3.46. The van der Waals surface area contributed by atoms with Gasteiger partial charge in [0.15, 0.2) is 11.6 Å². The lowest BCUT2D eigenvalue weighted by atomic mass is 10.1. The van der Waals surface area contributed by atoms with E-state index in [1.165, 1.54) is 10.7 Å². The van der Waals surface area contributed by atoms with Gasteiger partial charge in [-0.05, 0) is 55.5 Å². The number of anilines is 1.